The minimum absolute atomic E-state index is 0.501. The summed E-state index contributed by atoms with van der Waals surface area (Å²) < 4.78 is 0. The van der Waals surface area contributed by atoms with Crippen LogP contribution in [-0.2, 0) is 0 Å². The van der Waals surface area contributed by atoms with Crippen molar-refractivity contribution in [3.8, 4) is 0 Å². The van der Waals surface area contributed by atoms with Gasteiger partial charge in [-0.15, -0.1) is 0 Å². The molecule has 0 aliphatic heterocycles. The van der Waals surface area contributed by atoms with E-state index in [-0.39, 0.29) is 0 Å². The molecule has 1 fully saturated rings. The van der Waals surface area contributed by atoms with E-state index in [9.17, 15) is 0 Å². The molecule has 0 spiro atoms. The lowest BCUT2D eigenvalue weighted by Crippen LogP contribution is -2.43. The summed E-state index contributed by atoms with van der Waals surface area (Å²) in [5, 5.41) is 0. The van der Waals surface area contributed by atoms with E-state index in [2.05, 4.69) is 25.8 Å². The van der Waals surface area contributed by atoms with E-state index in [1.165, 1.54) is 19.4 Å². The Kier molecular flexibility index (Phi) is 2.90. The van der Waals surface area contributed by atoms with Gasteiger partial charge in [0.1, 0.15) is 0 Å². The topological polar surface area (TPSA) is 29.3 Å². The van der Waals surface area contributed by atoms with Gasteiger partial charge in [0, 0.05) is 18.6 Å². The molecular formula is C9H20N2. The van der Waals surface area contributed by atoms with Gasteiger partial charge < -0.3 is 10.6 Å². The quantitative estimate of drug-likeness (QED) is 0.662. The van der Waals surface area contributed by atoms with Crippen LogP contribution in [0.5, 0.6) is 0 Å². The molecule has 0 saturated heterocycles. The first-order chi connectivity index (χ1) is 5.09. The highest BCUT2D eigenvalue weighted by Gasteiger charge is 2.26. The van der Waals surface area contributed by atoms with Crippen molar-refractivity contribution < 1.29 is 0 Å². The Morgan fingerprint density at radius 2 is 2.00 bits per heavy atom. The molecule has 2 nitrogen and oxygen atoms in total. The molecule has 66 valence electrons. The first-order valence-corrected chi connectivity index (χ1v) is 4.55. The van der Waals surface area contributed by atoms with Crippen molar-refractivity contribution in [1.82, 2.24) is 4.90 Å². The lowest BCUT2D eigenvalue weighted by molar-refractivity contribution is 0.159. The van der Waals surface area contributed by atoms with Crippen LogP contribution < -0.4 is 5.73 Å². The maximum Gasteiger partial charge on any atom is 0.00450 e. The van der Waals surface area contributed by atoms with Gasteiger partial charge in [-0.25, -0.2) is 0 Å². The Labute approximate surface area is 69.8 Å². The van der Waals surface area contributed by atoms with E-state index in [0.29, 0.717) is 12.1 Å². The normalized spacial score (nSPS) is 31.1. The molecule has 0 aromatic heterocycles. The molecule has 1 rings (SSSR count). The number of rotatable bonds is 3. The average Bonchev–Trinajstić information content (AvgIpc) is 1.84. The smallest absolute Gasteiger partial charge is 0.00450 e. The molecular weight excluding hydrogens is 136 g/mol. The minimum Gasteiger partial charge on any atom is -0.328 e. The molecule has 2 N–H and O–H groups in total. The van der Waals surface area contributed by atoms with Gasteiger partial charge in [-0.1, -0.05) is 0 Å². The molecule has 0 radical (unpaired) electrons. The first-order valence-electron chi connectivity index (χ1n) is 4.55. The lowest BCUT2D eigenvalue weighted by atomic mass is 9.80. The molecule has 0 unspecified atom stereocenters. The number of hydrogen-bond donors (Lipinski definition) is 1. The first kappa shape index (κ1) is 9.01. The van der Waals surface area contributed by atoms with Crippen LogP contribution in [0.15, 0.2) is 0 Å². The van der Waals surface area contributed by atoms with Crippen LogP contribution >= 0.6 is 0 Å². The summed E-state index contributed by atoms with van der Waals surface area (Å²) in [5.41, 5.74) is 5.70. The van der Waals surface area contributed by atoms with Gasteiger partial charge in [0.2, 0.25) is 0 Å². The van der Waals surface area contributed by atoms with E-state index < -0.39 is 0 Å². The fourth-order valence-electron chi connectivity index (χ4n) is 1.55. The molecule has 1 aliphatic carbocycles. The maximum atomic E-state index is 5.70. The Hall–Kier alpha value is -0.0800. The largest absolute Gasteiger partial charge is 0.328 e. The van der Waals surface area contributed by atoms with E-state index in [1.807, 2.05) is 0 Å². The standard InChI is InChI=1S/C9H20N2/c1-7(2)11(3)6-8-4-9(10)5-8/h7-9H,4-6,10H2,1-3H3. The summed E-state index contributed by atoms with van der Waals surface area (Å²) in [4.78, 5) is 2.40. The van der Waals surface area contributed by atoms with Crippen LogP contribution in [0.1, 0.15) is 26.7 Å². The van der Waals surface area contributed by atoms with Gasteiger partial charge in [-0.05, 0) is 39.7 Å². The van der Waals surface area contributed by atoms with Gasteiger partial charge in [0.05, 0.1) is 0 Å². The van der Waals surface area contributed by atoms with Crippen molar-refractivity contribution in [2.45, 2.75) is 38.8 Å². The average molecular weight is 156 g/mol. The number of hydrogen-bond acceptors (Lipinski definition) is 2. The SMILES string of the molecule is CC(C)N(C)CC1CC(N)C1. The van der Waals surface area contributed by atoms with Crippen molar-refractivity contribution >= 4 is 0 Å². The van der Waals surface area contributed by atoms with Crippen LogP contribution in [0.2, 0.25) is 0 Å². The van der Waals surface area contributed by atoms with Crippen molar-refractivity contribution in [3.63, 3.8) is 0 Å². The summed E-state index contributed by atoms with van der Waals surface area (Å²) in [7, 11) is 2.19. The van der Waals surface area contributed by atoms with Crippen molar-refractivity contribution in [2.24, 2.45) is 11.7 Å². The Bertz CT molecular complexity index is 117. The molecule has 0 aromatic rings. The molecule has 2 heteroatoms. The third-order valence-electron chi connectivity index (χ3n) is 2.70. The molecule has 11 heavy (non-hydrogen) atoms. The highest BCUT2D eigenvalue weighted by molar-refractivity contribution is 4.84. The molecule has 0 atom stereocenters. The second-order valence-corrected chi connectivity index (χ2v) is 4.13. The zero-order valence-electron chi connectivity index (χ0n) is 7.88. The highest BCUT2D eigenvalue weighted by atomic mass is 15.1. The fourth-order valence-corrected chi connectivity index (χ4v) is 1.55. The summed E-state index contributed by atoms with van der Waals surface area (Å²) in [5.74, 6) is 0.873. The minimum atomic E-state index is 0.501. The van der Waals surface area contributed by atoms with Crippen molar-refractivity contribution in [2.75, 3.05) is 13.6 Å². The molecule has 0 amide bonds. The zero-order valence-corrected chi connectivity index (χ0v) is 7.88. The molecule has 0 heterocycles. The van der Waals surface area contributed by atoms with Gasteiger partial charge in [-0.3, -0.25) is 0 Å². The van der Waals surface area contributed by atoms with Crippen molar-refractivity contribution in [1.29, 1.82) is 0 Å². The Morgan fingerprint density at radius 1 is 1.45 bits per heavy atom. The monoisotopic (exact) mass is 156 g/mol. The summed E-state index contributed by atoms with van der Waals surface area (Å²) in [6, 6.07) is 1.17. The predicted molar refractivity (Wildman–Crippen MR) is 48.5 cm³/mol. The van der Waals surface area contributed by atoms with E-state index >= 15 is 0 Å². The third-order valence-corrected chi connectivity index (χ3v) is 2.70. The number of nitrogens with zero attached hydrogens (tertiary/aromatic N) is 1. The van der Waals surface area contributed by atoms with Gasteiger partial charge in [0.25, 0.3) is 0 Å². The highest BCUT2D eigenvalue weighted by Crippen LogP contribution is 2.26. The van der Waals surface area contributed by atoms with Crippen LogP contribution in [0.4, 0.5) is 0 Å². The zero-order chi connectivity index (χ0) is 8.43. The second kappa shape index (κ2) is 3.55. The second-order valence-electron chi connectivity index (χ2n) is 4.13. The van der Waals surface area contributed by atoms with Crippen LogP contribution in [0, 0.1) is 5.92 Å². The molecule has 0 bridgehead atoms. The van der Waals surface area contributed by atoms with Gasteiger partial charge in [0.15, 0.2) is 0 Å². The summed E-state index contributed by atoms with van der Waals surface area (Å²) in [6.07, 6.45) is 2.47. The maximum absolute atomic E-state index is 5.70. The van der Waals surface area contributed by atoms with Gasteiger partial charge >= 0.3 is 0 Å². The lowest BCUT2D eigenvalue weighted by Gasteiger charge is -2.36. The predicted octanol–water partition coefficient (Wildman–Crippen LogP) is 1.06. The number of nitrogens with two attached hydrogens (primary N) is 1. The van der Waals surface area contributed by atoms with E-state index in [1.54, 1.807) is 0 Å². The third kappa shape index (κ3) is 2.46. The van der Waals surface area contributed by atoms with E-state index in [4.69, 9.17) is 5.73 Å². The molecule has 1 saturated carbocycles. The molecule has 1 aliphatic rings. The van der Waals surface area contributed by atoms with Crippen LogP contribution in [-0.4, -0.2) is 30.6 Å². The van der Waals surface area contributed by atoms with Crippen LogP contribution in [0.3, 0.4) is 0 Å². The fraction of sp³-hybridized carbons (Fsp3) is 1.00. The summed E-state index contributed by atoms with van der Waals surface area (Å²) in [6.45, 7) is 5.70. The van der Waals surface area contributed by atoms with E-state index in [0.717, 1.165) is 5.92 Å². The van der Waals surface area contributed by atoms with Gasteiger partial charge in [-0.2, -0.15) is 0 Å². The summed E-state index contributed by atoms with van der Waals surface area (Å²) >= 11 is 0. The van der Waals surface area contributed by atoms with Crippen LogP contribution in [0.25, 0.3) is 0 Å². The Balaban J connectivity index is 2.11. The van der Waals surface area contributed by atoms with Crippen molar-refractivity contribution in [3.05, 3.63) is 0 Å². The Morgan fingerprint density at radius 3 is 2.36 bits per heavy atom. The molecule has 0 aromatic carbocycles.